The molecule has 0 amide bonds. The average molecular weight is 820 g/mol. The number of ether oxygens (including phenoxy) is 2. The maximum absolute atomic E-state index is 10.8. The zero-order chi connectivity index (χ0) is 37.3. The Morgan fingerprint density at radius 3 is 1.35 bits per heavy atom. The van der Waals surface area contributed by atoms with Gasteiger partial charge in [0.1, 0.15) is 11.5 Å². The molecule has 4 aromatic heterocycles. The van der Waals surface area contributed by atoms with E-state index < -0.39 is 11.9 Å². The van der Waals surface area contributed by atoms with Crippen molar-refractivity contribution in [3.63, 3.8) is 0 Å². The monoisotopic (exact) mass is 820 g/mol. The molecule has 4 aromatic rings. The zero-order valence-electron chi connectivity index (χ0n) is 28.8. The van der Waals surface area contributed by atoms with Crippen molar-refractivity contribution in [2.45, 2.75) is 78.4 Å². The van der Waals surface area contributed by atoms with Crippen LogP contribution in [0.15, 0.2) is 73.3 Å². The van der Waals surface area contributed by atoms with Crippen molar-refractivity contribution in [3.05, 3.63) is 95.6 Å². The first-order valence-electron chi connectivity index (χ1n) is 15.8. The number of hydrogen-bond donors (Lipinski definition) is 2. The van der Waals surface area contributed by atoms with Gasteiger partial charge in [-0.2, -0.15) is 5.16 Å². The van der Waals surface area contributed by atoms with Gasteiger partial charge in [-0.25, -0.2) is 9.59 Å². The molecule has 0 radical (unpaired) electrons. The summed E-state index contributed by atoms with van der Waals surface area (Å²) < 4.78 is 12.0. The molecule has 15 heteroatoms. The van der Waals surface area contributed by atoms with Gasteiger partial charge >= 0.3 is 31.4 Å². The fourth-order valence-corrected chi connectivity index (χ4v) is 4.22. The van der Waals surface area contributed by atoms with Crippen LogP contribution in [0.3, 0.4) is 0 Å². The smallest absolute Gasteiger partial charge is 0.753 e. The summed E-state index contributed by atoms with van der Waals surface area (Å²) >= 11 is 7.63. The Morgan fingerprint density at radius 2 is 1.06 bits per heavy atom. The summed E-state index contributed by atoms with van der Waals surface area (Å²) in [5.74, 6) is -0.479. The van der Waals surface area contributed by atoms with Crippen molar-refractivity contribution in [1.29, 1.82) is 0 Å². The van der Waals surface area contributed by atoms with Crippen LogP contribution < -0.4 is 9.47 Å². The number of carboxylic acids is 2. The number of carboxylic acid groups (broad SMARTS) is 2. The number of nitrogens with one attached hydrogen (secondary N) is 1. The van der Waals surface area contributed by atoms with Gasteiger partial charge in [0, 0.05) is 36.9 Å². The minimum Gasteiger partial charge on any atom is -0.753 e. The van der Waals surface area contributed by atoms with Crippen LogP contribution in [0.4, 0.5) is 0 Å². The second-order valence-electron chi connectivity index (χ2n) is 10.6. The summed E-state index contributed by atoms with van der Waals surface area (Å²) in [6, 6.07) is 13.1. The van der Waals surface area contributed by atoms with E-state index in [-0.39, 0.29) is 42.8 Å². The second-order valence-corrected chi connectivity index (χ2v) is 11.0. The SMILES string of the molecule is CCCCC(C)Oc1ccnc(-c2cc(OC(C)CCCC)ccn2)c1.O=C(O)c1ccnc(-c2cc(C(=O)O)ccn2)c1.[N-]=C=S.[NH-]C=S.[Ru+2]. The number of aromatic carboxylic acids is 2. The fourth-order valence-electron chi connectivity index (χ4n) is 4.22. The quantitative estimate of drug-likeness (QED) is 0.0698. The van der Waals surface area contributed by atoms with E-state index in [0.29, 0.717) is 11.4 Å². The van der Waals surface area contributed by atoms with Gasteiger partial charge in [0.25, 0.3) is 0 Å². The van der Waals surface area contributed by atoms with Crippen LogP contribution in [0.5, 0.6) is 11.5 Å². The van der Waals surface area contributed by atoms with Crippen molar-refractivity contribution < 1.29 is 48.8 Å². The first kappa shape index (κ1) is 46.5. The molecule has 0 fully saturated rings. The minimum atomic E-state index is -1.08. The Morgan fingerprint density at radius 1 is 0.765 bits per heavy atom. The molecule has 12 nitrogen and oxygen atoms in total. The molecule has 0 aliphatic rings. The topological polar surface area (TPSA) is 191 Å². The van der Waals surface area contributed by atoms with Gasteiger partial charge in [0.2, 0.25) is 0 Å². The van der Waals surface area contributed by atoms with E-state index in [2.05, 4.69) is 72.1 Å². The van der Waals surface area contributed by atoms with Crippen LogP contribution in [0.1, 0.15) is 86.9 Å². The van der Waals surface area contributed by atoms with Gasteiger partial charge in [-0.05, 0) is 63.1 Å². The van der Waals surface area contributed by atoms with Gasteiger partial charge in [-0.1, -0.05) is 51.7 Å². The number of nitrogens with zero attached hydrogens (tertiary/aromatic N) is 5. The summed E-state index contributed by atoms with van der Waals surface area (Å²) in [4.78, 5) is 38.5. The first-order chi connectivity index (χ1) is 24.0. The molecule has 0 spiro atoms. The Bertz CT molecular complexity index is 1560. The van der Waals surface area contributed by atoms with Crippen LogP contribution in [0.2, 0.25) is 0 Å². The Labute approximate surface area is 322 Å². The number of isothiocyanates is 1. The predicted molar refractivity (Wildman–Crippen MR) is 202 cm³/mol. The largest absolute Gasteiger partial charge is 2.00 e. The van der Waals surface area contributed by atoms with Crippen LogP contribution in [0.25, 0.3) is 33.9 Å². The average Bonchev–Trinajstić information content (AvgIpc) is 3.11. The molecule has 4 rings (SSSR count). The van der Waals surface area contributed by atoms with Crippen molar-refractivity contribution >= 4 is 47.0 Å². The first-order valence-corrected chi connectivity index (χ1v) is 16.7. The van der Waals surface area contributed by atoms with Crippen LogP contribution in [-0.2, 0) is 19.5 Å². The van der Waals surface area contributed by atoms with Crippen LogP contribution in [-0.4, -0.2) is 64.9 Å². The molecular formula is C36H42N6O6RuS2. The van der Waals surface area contributed by atoms with E-state index >= 15 is 0 Å². The number of unbranched alkanes of at least 4 members (excludes halogenated alkanes) is 2. The summed E-state index contributed by atoms with van der Waals surface area (Å²) in [6.45, 7) is 8.61. The maximum atomic E-state index is 10.8. The van der Waals surface area contributed by atoms with Crippen molar-refractivity contribution in [2.24, 2.45) is 0 Å². The maximum Gasteiger partial charge on any atom is 2.00 e. The number of hydrogen-bond acceptors (Lipinski definition) is 10. The summed E-state index contributed by atoms with van der Waals surface area (Å²) in [5.41, 5.74) is 9.12. The van der Waals surface area contributed by atoms with E-state index in [1.54, 1.807) is 12.4 Å². The molecule has 0 bridgehead atoms. The molecule has 272 valence electrons. The number of carbonyl (C=O) groups is 2. The molecule has 4 heterocycles. The number of thiocarbonyl (C=S) groups is 2. The number of aromatic nitrogens is 4. The molecule has 0 saturated heterocycles. The third-order valence-corrected chi connectivity index (χ3v) is 6.60. The summed E-state index contributed by atoms with van der Waals surface area (Å²) in [5, 5.41) is 26.2. The van der Waals surface area contributed by atoms with Gasteiger partial charge < -0.3 is 30.8 Å². The minimum absolute atomic E-state index is 0. The molecule has 51 heavy (non-hydrogen) atoms. The molecule has 2 unspecified atom stereocenters. The van der Waals surface area contributed by atoms with Gasteiger partial charge in [0.05, 0.1) is 46.1 Å². The van der Waals surface area contributed by atoms with Gasteiger partial charge in [-0.15, -0.1) is 17.7 Å². The second kappa shape index (κ2) is 27.2. The standard InChI is InChI=1S/C22H32N2O2.C12H8N2O4.CH3NS.CNS.Ru/c1-5-7-9-17(3)25-19-11-13-23-21(15-19)22-16-20(12-14-24-22)26-18(4)10-8-6-2;15-11(16)7-1-3-13-9(5-7)10-6-8(12(17)18)2-4-14-10;2*2-1-3;/h11-18H,5-10H2,1-4H3;1-6H,(H,15,16)(H,17,18);1H,(H2,2,3);;/q;;;-1;+2/p-1. The van der Waals surface area contributed by atoms with Crippen LogP contribution in [0, 0.1) is 0 Å². The molecule has 2 atom stereocenters. The number of rotatable bonds is 14. The van der Waals surface area contributed by atoms with Crippen LogP contribution >= 0.6 is 24.4 Å². The van der Waals surface area contributed by atoms with Crippen molar-refractivity contribution in [2.75, 3.05) is 0 Å². The third-order valence-electron chi connectivity index (χ3n) is 6.60. The van der Waals surface area contributed by atoms with Crippen molar-refractivity contribution in [1.82, 2.24) is 19.9 Å². The third kappa shape index (κ3) is 18.9. The van der Waals surface area contributed by atoms with E-state index in [9.17, 15) is 9.59 Å². The zero-order valence-corrected chi connectivity index (χ0v) is 32.2. The van der Waals surface area contributed by atoms with Gasteiger partial charge in [0.15, 0.2) is 0 Å². The molecule has 0 aromatic carbocycles. The van der Waals surface area contributed by atoms with E-state index in [4.69, 9.17) is 30.8 Å². The van der Waals surface area contributed by atoms with E-state index in [1.807, 2.05) is 24.3 Å². The molecule has 0 aliphatic carbocycles. The Balaban J connectivity index is 0.000000870. The van der Waals surface area contributed by atoms with E-state index in [1.165, 1.54) is 67.5 Å². The fraction of sp³-hybridized carbons (Fsp3) is 0.333. The predicted octanol–water partition coefficient (Wildman–Crippen LogP) is 9.25. The Hall–Kier alpha value is -4.55. The molecule has 0 aliphatic heterocycles. The van der Waals surface area contributed by atoms with Gasteiger partial charge in [-0.3, -0.25) is 19.9 Å². The Kier molecular flexibility index (Phi) is 24.8. The normalized spacial score (nSPS) is 10.7. The molecule has 0 saturated carbocycles. The summed E-state index contributed by atoms with van der Waals surface area (Å²) in [7, 11) is 0. The number of pyridine rings is 4. The summed E-state index contributed by atoms with van der Waals surface area (Å²) in [6.07, 6.45) is 13.5. The molecule has 3 N–H and O–H groups in total. The van der Waals surface area contributed by atoms with Crippen molar-refractivity contribution in [3.8, 4) is 34.3 Å². The molecular weight excluding hydrogens is 778 g/mol. The van der Waals surface area contributed by atoms with E-state index in [0.717, 1.165) is 41.2 Å².